The Morgan fingerprint density at radius 3 is 2.73 bits per heavy atom. The number of imidazole rings is 1. The maximum atomic E-state index is 6.15. The van der Waals surface area contributed by atoms with Gasteiger partial charge in [-0.15, -0.1) is 0 Å². The third-order valence-corrected chi connectivity index (χ3v) is 4.09. The zero-order valence-corrected chi connectivity index (χ0v) is 13.3. The van der Waals surface area contributed by atoms with E-state index in [9.17, 15) is 0 Å². The fraction of sp³-hybridized carbons (Fsp3) is 0.412. The molecule has 0 aliphatic heterocycles. The second kappa shape index (κ2) is 5.93. The molecule has 5 heteroatoms. The van der Waals surface area contributed by atoms with Gasteiger partial charge in [-0.25, -0.2) is 9.97 Å². The van der Waals surface area contributed by atoms with Gasteiger partial charge in [0, 0.05) is 18.0 Å². The Morgan fingerprint density at radius 2 is 2.00 bits per heavy atom. The minimum Gasteiger partial charge on any atom is -0.382 e. The molecule has 1 unspecified atom stereocenters. The number of benzene rings is 1. The van der Waals surface area contributed by atoms with Crippen molar-refractivity contribution < 1.29 is 4.74 Å². The van der Waals surface area contributed by atoms with E-state index in [1.165, 1.54) is 0 Å². The third kappa shape index (κ3) is 2.31. The standard InChI is InChI=1S/C17H22N4O/c1-4-11(3)21-14(10-22-5-2)20-15-16(21)12-8-6-7-9-13(12)19-17(15)18/h6-9,11H,4-5,10H2,1-3H3,(H2,18,19). The van der Waals surface area contributed by atoms with Crippen LogP contribution in [0.2, 0.25) is 0 Å². The summed E-state index contributed by atoms with van der Waals surface area (Å²) < 4.78 is 7.85. The van der Waals surface area contributed by atoms with Crippen LogP contribution in [0.4, 0.5) is 5.82 Å². The number of fused-ring (bicyclic) bond motifs is 3. The van der Waals surface area contributed by atoms with Crippen molar-refractivity contribution in [2.24, 2.45) is 0 Å². The molecule has 2 N–H and O–H groups in total. The van der Waals surface area contributed by atoms with Crippen LogP contribution in [0, 0.1) is 0 Å². The van der Waals surface area contributed by atoms with Gasteiger partial charge >= 0.3 is 0 Å². The first-order valence-electron chi connectivity index (χ1n) is 7.80. The van der Waals surface area contributed by atoms with E-state index in [1.807, 2.05) is 25.1 Å². The molecule has 0 spiro atoms. The smallest absolute Gasteiger partial charge is 0.152 e. The van der Waals surface area contributed by atoms with Crippen LogP contribution in [-0.2, 0) is 11.3 Å². The first-order chi connectivity index (χ1) is 10.7. The van der Waals surface area contributed by atoms with Crippen LogP contribution in [0.15, 0.2) is 24.3 Å². The van der Waals surface area contributed by atoms with E-state index in [4.69, 9.17) is 15.5 Å². The lowest BCUT2D eigenvalue weighted by Crippen LogP contribution is -2.10. The average molecular weight is 298 g/mol. The highest BCUT2D eigenvalue weighted by Crippen LogP contribution is 2.32. The Balaban J connectivity index is 2.37. The second-order valence-corrected chi connectivity index (χ2v) is 5.50. The van der Waals surface area contributed by atoms with E-state index in [-0.39, 0.29) is 0 Å². The van der Waals surface area contributed by atoms with Crippen LogP contribution in [0.25, 0.3) is 21.9 Å². The molecule has 1 atom stereocenters. The first-order valence-corrected chi connectivity index (χ1v) is 7.80. The van der Waals surface area contributed by atoms with E-state index in [0.29, 0.717) is 25.1 Å². The highest BCUT2D eigenvalue weighted by Gasteiger charge is 2.19. The summed E-state index contributed by atoms with van der Waals surface area (Å²) in [6.07, 6.45) is 1.02. The van der Waals surface area contributed by atoms with Crippen LogP contribution < -0.4 is 5.73 Å². The van der Waals surface area contributed by atoms with E-state index in [2.05, 4.69) is 29.5 Å². The zero-order valence-electron chi connectivity index (χ0n) is 13.3. The van der Waals surface area contributed by atoms with Crippen molar-refractivity contribution in [1.29, 1.82) is 0 Å². The summed E-state index contributed by atoms with van der Waals surface area (Å²) >= 11 is 0. The maximum Gasteiger partial charge on any atom is 0.152 e. The number of rotatable bonds is 5. The molecule has 0 fully saturated rings. The summed E-state index contributed by atoms with van der Waals surface area (Å²) in [7, 11) is 0. The largest absolute Gasteiger partial charge is 0.382 e. The minimum absolute atomic E-state index is 0.325. The predicted molar refractivity (Wildman–Crippen MR) is 89.8 cm³/mol. The topological polar surface area (TPSA) is 66.0 Å². The molecule has 0 aliphatic carbocycles. The molecular weight excluding hydrogens is 276 g/mol. The summed E-state index contributed by atoms with van der Waals surface area (Å²) in [5.74, 6) is 1.39. The lowest BCUT2D eigenvalue weighted by atomic mass is 10.1. The van der Waals surface area contributed by atoms with Crippen molar-refractivity contribution in [3.63, 3.8) is 0 Å². The predicted octanol–water partition coefficient (Wildman–Crippen LogP) is 3.67. The quantitative estimate of drug-likeness (QED) is 0.780. The molecule has 0 saturated heterocycles. The molecule has 5 nitrogen and oxygen atoms in total. The number of nitrogens with two attached hydrogens (primary N) is 1. The van der Waals surface area contributed by atoms with Gasteiger partial charge < -0.3 is 15.0 Å². The summed E-state index contributed by atoms with van der Waals surface area (Å²) in [6.45, 7) is 7.51. The molecule has 22 heavy (non-hydrogen) atoms. The van der Waals surface area contributed by atoms with Crippen LogP contribution in [0.1, 0.15) is 39.1 Å². The maximum absolute atomic E-state index is 6.15. The summed E-state index contributed by atoms with van der Waals surface area (Å²) in [6, 6.07) is 8.39. The van der Waals surface area contributed by atoms with Gasteiger partial charge in [0.05, 0.1) is 11.0 Å². The molecule has 3 aromatic rings. The van der Waals surface area contributed by atoms with Gasteiger partial charge in [-0.1, -0.05) is 25.1 Å². The number of para-hydroxylation sites is 1. The molecule has 0 aliphatic rings. The Hall–Kier alpha value is -2.14. The van der Waals surface area contributed by atoms with Crippen molar-refractivity contribution in [1.82, 2.24) is 14.5 Å². The van der Waals surface area contributed by atoms with E-state index in [0.717, 1.165) is 34.2 Å². The summed E-state index contributed by atoms with van der Waals surface area (Å²) in [4.78, 5) is 9.20. The number of anilines is 1. The third-order valence-electron chi connectivity index (χ3n) is 4.09. The van der Waals surface area contributed by atoms with Crippen molar-refractivity contribution in [2.45, 2.75) is 39.8 Å². The highest BCUT2D eigenvalue weighted by molar-refractivity contribution is 6.06. The van der Waals surface area contributed by atoms with Crippen molar-refractivity contribution in [3.05, 3.63) is 30.1 Å². The number of nitrogens with zero attached hydrogens (tertiary/aromatic N) is 3. The monoisotopic (exact) mass is 298 g/mol. The number of nitrogen functional groups attached to an aromatic ring is 1. The number of pyridine rings is 1. The summed E-state index contributed by atoms with van der Waals surface area (Å²) in [5.41, 5.74) is 8.88. The molecule has 2 aromatic heterocycles. The van der Waals surface area contributed by atoms with Crippen LogP contribution in [0.5, 0.6) is 0 Å². The molecule has 0 radical (unpaired) electrons. The molecule has 0 saturated carbocycles. The number of hydrogen-bond acceptors (Lipinski definition) is 4. The van der Waals surface area contributed by atoms with Crippen molar-refractivity contribution in [3.8, 4) is 0 Å². The van der Waals surface area contributed by atoms with Gasteiger partial charge in [0.2, 0.25) is 0 Å². The molecular formula is C17H22N4O. The Morgan fingerprint density at radius 1 is 1.23 bits per heavy atom. The van der Waals surface area contributed by atoms with E-state index >= 15 is 0 Å². The molecule has 0 amide bonds. The fourth-order valence-electron chi connectivity index (χ4n) is 2.82. The van der Waals surface area contributed by atoms with Gasteiger partial charge in [-0.05, 0) is 26.3 Å². The van der Waals surface area contributed by atoms with Crippen LogP contribution in [-0.4, -0.2) is 21.1 Å². The Kier molecular flexibility index (Phi) is 3.98. The fourth-order valence-corrected chi connectivity index (χ4v) is 2.82. The zero-order chi connectivity index (χ0) is 15.7. The van der Waals surface area contributed by atoms with Crippen molar-refractivity contribution >= 4 is 27.8 Å². The van der Waals surface area contributed by atoms with Gasteiger partial charge in [0.15, 0.2) is 5.82 Å². The molecule has 0 bridgehead atoms. The Bertz CT molecular complexity index is 809. The number of hydrogen-bond donors (Lipinski definition) is 1. The molecule has 1 aromatic carbocycles. The second-order valence-electron chi connectivity index (χ2n) is 5.50. The number of aromatic nitrogens is 3. The minimum atomic E-state index is 0.325. The SMILES string of the molecule is CCOCc1nc2c(N)nc3ccccc3c2n1C(C)CC. The lowest BCUT2D eigenvalue weighted by Gasteiger charge is -2.16. The van der Waals surface area contributed by atoms with Crippen molar-refractivity contribution in [2.75, 3.05) is 12.3 Å². The summed E-state index contributed by atoms with van der Waals surface area (Å²) in [5, 5.41) is 1.09. The lowest BCUT2D eigenvalue weighted by molar-refractivity contribution is 0.125. The van der Waals surface area contributed by atoms with E-state index < -0.39 is 0 Å². The van der Waals surface area contributed by atoms with Gasteiger partial charge in [0.1, 0.15) is 17.9 Å². The van der Waals surface area contributed by atoms with Crippen LogP contribution >= 0.6 is 0 Å². The van der Waals surface area contributed by atoms with Gasteiger partial charge in [0.25, 0.3) is 0 Å². The van der Waals surface area contributed by atoms with E-state index in [1.54, 1.807) is 0 Å². The van der Waals surface area contributed by atoms with Gasteiger partial charge in [-0.2, -0.15) is 0 Å². The Labute approximate surface area is 130 Å². The highest BCUT2D eigenvalue weighted by atomic mass is 16.5. The normalized spacial score (nSPS) is 13.0. The molecule has 3 rings (SSSR count). The molecule has 116 valence electrons. The number of ether oxygens (including phenoxy) is 1. The molecule has 2 heterocycles. The average Bonchev–Trinajstić information content (AvgIpc) is 2.92. The van der Waals surface area contributed by atoms with Crippen LogP contribution in [0.3, 0.4) is 0 Å². The van der Waals surface area contributed by atoms with Gasteiger partial charge in [-0.3, -0.25) is 0 Å². The first kappa shape index (κ1) is 14.8.